The van der Waals surface area contributed by atoms with E-state index in [9.17, 15) is 4.79 Å². The standard InChI is InChI=1S/C11H22N2O2/c1-12(2)9-6-4-5-7-10(9)13(3)8-11(14)15/h9-10H,4-8H2,1-3H3,(H,14,15)/t9-,10+/m0/s1. The molecule has 0 spiro atoms. The SMILES string of the molecule is CN(C)[C@H]1CCCC[C@H]1N(C)CC(=O)O. The van der Waals surface area contributed by atoms with Gasteiger partial charge in [0.2, 0.25) is 0 Å². The fourth-order valence-corrected chi connectivity index (χ4v) is 2.54. The Hall–Kier alpha value is -0.610. The van der Waals surface area contributed by atoms with E-state index < -0.39 is 5.97 Å². The summed E-state index contributed by atoms with van der Waals surface area (Å²) in [7, 11) is 6.08. The van der Waals surface area contributed by atoms with Gasteiger partial charge in [0.15, 0.2) is 0 Å². The summed E-state index contributed by atoms with van der Waals surface area (Å²) >= 11 is 0. The van der Waals surface area contributed by atoms with Crippen molar-refractivity contribution >= 4 is 5.97 Å². The van der Waals surface area contributed by atoms with Gasteiger partial charge in [0, 0.05) is 12.1 Å². The molecule has 15 heavy (non-hydrogen) atoms. The van der Waals surface area contributed by atoms with Crippen molar-refractivity contribution in [3.05, 3.63) is 0 Å². The molecule has 1 saturated carbocycles. The Balaban J connectivity index is 2.58. The lowest BCUT2D eigenvalue weighted by atomic mass is 9.88. The van der Waals surface area contributed by atoms with Crippen molar-refractivity contribution in [2.24, 2.45) is 0 Å². The first kappa shape index (κ1) is 12.5. The van der Waals surface area contributed by atoms with Gasteiger partial charge >= 0.3 is 5.97 Å². The molecule has 88 valence electrons. The summed E-state index contributed by atoms with van der Waals surface area (Å²) in [5, 5.41) is 8.78. The highest BCUT2D eigenvalue weighted by atomic mass is 16.4. The number of nitrogens with zero attached hydrogens (tertiary/aromatic N) is 2. The molecule has 2 atom stereocenters. The van der Waals surface area contributed by atoms with E-state index >= 15 is 0 Å². The quantitative estimate of drug-likeness (QED) is 0.754. The third kappa shape index (κ3) is 3.47. The Labute approximate surface area is 91.9 Å². The van der Waals surface area contributed by atoms with Gasteiger partial charge < -0.3 is 10.0 Å². The van der Waals surface area contributed by atoms with Crippen molar-refractivity contribution in [1.29, 1.82) is 0 Å². The second-order valence-electron chi connectivity index (χ2n) is 4.69. The van der Waals surface area contributed by atoms with Crippen molar-refractivity contribution in [2.45, 2.75) is 37.8 Å². The topological polar surface area (TPSA) is 43.8 Å². The van der Waals surface area contributed by atoms with Crippen LogP contribution in [-0.4, -0.2) is 60.6 Å². The average molecular weight is 214 g/mol. The molecule has 0 aromatic carbocycles. The van der Waals surface area contributed by atoms with Crippen LogP contribution in [0.3, 0.4) is 0 Å². The molecule has 0 amide bonds. The molecule has 0 unspecified atom stereocenters. The van der Waals surface area contributed by atoms with Gasteiger partial charge in [-0.3, -0.25) is 9.69 Å². The predicted octanol–water partition coefficient (Wildman–Crippen LogP) is 0.876. The highest BCUT2D eigenvalue weighted by Gasteiger charge is 2.30. The molecule has 4 nitrogen and oxygen atoms in total. The number of carboxylic acids is 1. The Morgan fingerprint density at radius 1 is 1.20 bits per heavy atom. The summed E-state index contributed by atoms with van der Waals surface area (Å²) in [6, 6.07) is 0.896. The van der Waals surface area contributed by atoms with E-state index in [0.29, 0.717) is 12.1 Å². The second-order valence-corrected chi connectivity index (χ2v) is 4.69. The van der Waals surface area contributed by atoms with E-state index in [0.717, 1.165) is 6.42 Å². The van der Waals surface area contributed by atoms with Crippen LogP contribution < -0.4 is 0 Å². The molecule has 0 bridgehead atoms. The van der Waals surface area contributed by atoms with Gasteiger partial charge in [-0.1, -0.05) is 12.8 Å². The maximum atomic E-state index is 10.7. The van der Waals surface area contributed by atoms with E-state index in [-0.39, 0.29) is 6.54 Å². The van der Waals surface area contributed by atoms with Gasteiger partial charge in [0.05, 0.1) is 6.54 Å². The van der Waals surface area contributed by atoms with Gasteiger partial charge in [-0.2, -0.15) is 0 Å². The van der Waals surface area contributed by atoms with Gasteiger partial charge in [0.1, 0.15) is 0 Å². The Kier molecular flexibility index (Phi) is 4.54. The molecule has 0 heterocycles. The number of hydrogen-bond donors (Lipinski definition) is 1. The lowest BCUT2D eigenvalue weighted by molar-refractivity contribution is -0.139. The largest absolute Gasteiger partial charge is 0.480 e. The fourth-order valence-electron chi connectivity index (χ4n) is 2.54. The highest BCUT2D eigenvalue weighted by molar-refractivity contribution is 5.69. The van der Waals surface area contributed by atoms with Crippen molar-refractivity contribution in [2.75, 3.05) is 27.7 Å². The number of carboxylic acid groups (broad SMARTS) is 1. The summed E-state index contributed by atoms with van der Waals surface area (Å²) in [5.74, 6) is -0.736. The maximum Gasteiger partial charge on any atom is 0.317 e. The molecule has 0 aromatic heterocycles. The highest BCUT2D eigenvalue weighted by Crippen LogP contribution is 2.25. The smallest absolute Gasteiger partial charge is 0.317 e. The minimum atomic E-state index is -0.736. The summed E-state index contributed by atoms with van der Waals surface area (Å²) in [4.78, 5) is 14.9. The first-order valence-electron chi connectivity index (χ1n) is 5.61. The Morgan fingerprint density at radius 3 is 2.20 bits per heavy atom. The lowest BCUT2D eigenvalue weighted by Crippen LogP contribution is -2.51. The van der Waals surface area contributed by atoms with Crippen molar-refractivity contribution in [1.82, 2.24) is 9.80 Å². The third-order valence-corrected chi connectivity index (χ3v) is 3.31. The average Bonchev–Trinajstić information content (AvgIpc) is 2.16. The van der Waals surface area contributed by atoms with Gasteiger partial charge in [-0.05, 0) is 34.0 Å². The number of hydrogen-bond acceptors (Lipinski definition) is 3. The number of aliphatic carboxylic acids is 1. The van der Waals surface area contributed by atoms with E-state index in [1.165, 1.54) is 19.3 Å². The summed E-state index contributed by atoms with van der Waals surface area (Å²) in [6.45, 7) is 0.148. The van der Waals surface area contributed by atoms with Gasteiger partial charge in [0.25, 0.3) is 0 Å². The third-order valence-electron chi connectivity index (χ3n) is 3.31. The van der Waals surface area contributed by atoms with E-state index in [1.807, 2.05) is 11.9 Å². The molecular formula is C11H22N2O2. The molecule has 1 N–H and O–H groups in total. The lowest BCUT2D eigenvalue weighted by Gasteiger charge is -2.40. The van der Waals surface area contributed by atoms with Crippen LogP contribution >= 0.6 is 0 Å². The van der Waals surface area contributed by atoms with Crippen LogP contribution in [0, 0.1) is 0 Å². The normalized spacial score (nSPS) is 27.3. The molecule has 4 heteroatoms. The number of likely N-dealkylation sites (N-methyl/N-ethyl adjacent to an activating group) is 2. The van der Waals surface area contributed by atoms with Crippen LogP contribution in [0.15, 0.2) is 0 Å². The Bertz CT molecular complexity index is 219. The molecule has 0 aliphatic heterocycles. The van der Waals surface area contributed by atoms with Crippen LogP contribution in [-0.2, 0) is 4.79 Å². The predicted molar refractivity (Wildman–Crippen MR) is 60.0 cm³/mol. The van der Waals surface area contributed by atoms with Crippen LogP contribution in [0.4, 0.5) is 0 Å². The summed E-state index contributed by atoms with van der Waals surface area (Å²) in [5.41, 5.74) is 0. The first-order valence-corrected chi connectivity index (χ1v) is 5.61. The summed E-state index contributed by atoms with van der Waals surface area (Å²) in [6.07, 6.45) is 4.79. The second kappa shape index (κ2) is 5.47. The molecule has 1 rings (SSSR count). The van der Waals surface area contributed by atoms with E-state index in [1.54, 1.807) is 0 Å². The van der Waals surface area contributed by atoms with E-state index in [2.05, 4.69) is 19.0 Å². The van der Waals surface area contributed by atoms with E-state index in [4.69, 9.17) is 5.11 Å². The van der Waals surface area contributed by atoms with Crippen molar-refractivity contribution < 1.29 is 9.90 Å². The zero-order valence-electron chi connectivity index (χ0n) is 9.94. The van der Waals surface area contributed by atoms with Crippen molar-refractivity contribution in [3.63, 3.8) is 0 Å². The van der Waals surface area contributed by atoms with Crippen LogP contribution in [0.1, 0.15) is 25.7 Å². The maximum absolute atomic E-state index is 10.7. The fraction of sp³-hybridized carbons (Fsp3) is 0.909. The van der Waals surface area contributed by atoms with Crippen molar-refractivity contribution in [3.8, 4) is 0 Å². The zero-order valence-corrected chi connectivity index (χ0v) is 9.94. The molecule has 0 radical (unpaired) electrons. The monoisotopic (exact) mass is 214 g/mol. The molecule has 0 saturated heterocycles. The summed E-state index contributed by atoms with van der Waals surface area (Å²) < 4.78 is 0. The first-order chi connectivity index (χ1) is 7.02. The van der Waals surface area contributed by atoms with Gasteiger partial charge in [-0.15, -0.1) is 0 Å². The van der Waals surface area contributed by atoms with Crippen LogP contribution in [0.2, 0.25) is 0 Å². The minimum absolute atomic E-state index is 0.148. The zero-order chi connectivity index (χ0) is 11.4. The molecular weight excluding hydrogens is 192 g/mol. The van der Waals surface area contributed by atoms with Crippen LogP contribution in [0.25, 0.3) is 0 Å². The Morgan fingerprint density at radius 2 is 1.73 bits per heavy atom. The number of rotatable bonds is 4. The van der Waals surface area contributed by atoms with Crippen LogP contribution in [0.5, 0.6) is 0 Å². The molecule has 1 fully saturated rings. The van der Waals surface area contributed by atoms with Gasteiger partial charge in [-0.25, -0.2) is 0 Å². The minimum Gasteiger partial charge on any atom is -0.480 e. The molecule has 1 aliphatic rings. The molecule has 0 aromatic rings. The number of carbonyl (C=O) groups is 1. The molecule has 1 aliphatic carbocycles.